The Bertz CT molecular complexity index is 1450. The van der Waals surface area contributed by atoms with E-state index in [1.165, 1.54) is 0 Å². The second-order valence-corrected chi connectivity index (χ2v) is 10.1. The molecule has 6 rings (SSSR count). The molecule has 2 aliphatic heterocycles. The minimum absolute atomic E-state index is 0.390. The Balaban J connectivity index is 1.26. The predicted octanol–water partition coefficient (Wildman–Crippen LogP) is 4.30. The molecule has 0 radical (unpaired) electrons. The number of para-hydroxylation sites is 1. The number of nitrogens with zero attached hydrogens (tertiary/aromatic N) is 7. The number of rotatable bonds is 7. The molecule has 0 bridgehead atoms. The number of fused-ring (bicyclic) bond motifs is 1. The average molecular weight is 567 g/mol. The van der Waals surface area contributed by atoms with Crippen LogP contribution in [0.3, 0.4) is 0 Å². The van der Waals surface area contributed by atoms with Crippen LogP contribution in [0.25, 0.3) is 10.9 Å². The van der Waals surface area contributed by atoms with Gasteiger partial charge < -0.3 is 23.8 Å². The smallest absolute Gasteiger partial charge is 0.250 e. The molecule has 0 spiro atoms. The van der Waals surface area contributed by atoms with Crippen LogP contribution in [-0.2, 0) is 16.0 Å². The van der Waals surface area contributed by atoms with Crippen LogP contribution in [0.5, 0.6) is 0 Å². The molecular weight excluding hydrogens is 539 g/mol. The normalized spacial score (nSPS) is 16.4. The molecule has 10 nitrogen and oxygen atoms in total. The van der Waals surface area contributed by atoms with Gasteiger partial charge >= 0.3 is 0 Å². The molecule has 2 aromatic heterocycles. The fraction of sp³-hybridized carbons (Fsp3) is 0.333. The molecule has 39 heavy (non-hydrogen) atoms. The zero-order valence-electron chi connectivity index (χ0n) is 21.3. The number of hydrogen-bond acceptors (Lipinski definition) is 9. The highest BCUT2D eigenvalue weighted by molar-refractivity contribution is 6.35. The summed E-state index contributed by atoms with van der Waals surface area (Å²) >= 11 is 12.5. The first-order valence-electron chi connectivity index (χ1n) is 12.9. The first-order chi connectivity index (χ1) is 19.1. The van der Waals surface area contributed by atoms with Gasteiger partial charge in [0.15, 0.2) is 0 Å². The van der Waals surface area contributed by atoms with E-state index in [-0.39, 0.29) is 0 Å². The maximum Gasteiger partial charge on any atom is 0.250 e. The van der Waals surface area contributed by atoms with Gasteiger partial charge in [0.1, 0.15) is 0 Å². The molecule has 0 unspecified atom stereocenters. The van der Waals surface area contributed by atoms with Crippen LogP contribution < -0.4 is 15.2 Å². The molecule has 4 heterocycles. The summed E-state index contributed by atoms with van der Waals surface area (Å²) in [4.78, 5) is 18.3. The highest BCUT2D eigenvalue weighted by Gasteiger charge is 2.20. The summed E-state index contributed by atoms with van der Waals surface area (Å²) in [6.07, 6.45) is 3.85. The first-order valence-corrected chi connectivity index (χ1v) is 13.6. The van der Waals surface area contributed by atoms with Gasteiger partial charge in [0.2, 0.25) is 17.8 Å². The van der Waals surface area contributed by atoms with Crippen molar-refractivity contribution in [3.63, 3.8) is 0 Å². The first kappa shape index (κ1) is 25.8. The lowest BCUT2D eigenvalue weighted by Crippen LogP contribution is -2.40. The maximum absolute atomic E-state index is 6.45. The number of aromatic nitrogens is 4. The Morgan fingerprint density at radius 2 is 1.54 bits per heavy atom. The minimum Gasteiger partial charge on any atom is -0.378 e. The molecule has 1 N–H and O–H groups in total. The van der Waals surface area contributed by atoms with Crippen molar-refractivity contribution in [3.8, 4) is 0 Å². The van der Waals surface area contributed by atoms with E-state index >= 15 is 0 Å². The summed E-state index contributed by atoms with van der Waals surface area (Å²) < 4.78 is 13.2. The van der Waals surface area contributed by atoms with Gasteiger partial charge in [0.25, 0.3) is 0 Å². The summed E-state index contributed by atoms with van der Waals surface area (Å²) in [5.41, 5.74) is 6.06. The lowest BCUT2D eigenvalue weighted by atomic mass is 10.2. The van der Waals surface area contributed by atoms with Crippen LogP contribution in [0.1, 0.15) is 11.1 Å². The molecule has 4 aromatic rings. The van der Waals surface area contributed by atoms with Crippen LogP contribution in [0, 0.1) is 0 Å². The van der Waals surface area contributed by atoms with E-state index in [2.05, 4.69) is 53.2 Å². The third-order valence-corrected chi connectivity index (χ3v) is 7.33. The maximum atomic E-state index is 6.45. The number of anilines is 3. The number of morpholine rings is 2. The van der Waals surface area contributed by atoms with Crippen molar-refractivity contribution in [1.29, 1.82) is 0 Å². The number of benzene rings is 2. The van der Waals surface area contributed by atoms with E-state index < -0.39 is 0 Å². The van der Waals surface area contributed by atoms with E-state index in [9.17, 15) is 0 Å². The van der Waals surface area contributed by atoms with E-state index in [4.69, 9.17) is 37.7 Å². The fourth-order valence-electron chi connectivity index (χ4n) is 4.72. The van der Waals surface area contributed by atoms with E-state index in [0.29, 0.717) is 60.9 Å². The third kappa shape index (κ3) is 5.94. The van der Waals surface area contributed by atoms with Crippen LogP contribution in [-0.4, -0.2) is 78.3 Å². The number of hydrazone groups is 1. The number of halogens is 2. The van der Waals surface area contributed by atoms with Gasteiger partial charge in [0, 0.05) is 65.4 Å². The lowest BCUT2D eigenvalue weighted by molar-refractivity contribution is 0.121. The number of nitrogens with one attached hydrogen (secondary N) is 1. The molecule has 2 aromatic carbocycles. The largest absolute Gasteiger partial charge is 0.378 e. The highest BCUT2D eigenvalue weighted by atomic mass is 35.5. The van der Waals surface area contributed by atoms with E-state index in [1.807, 2.05) is 24.3 Å². The van der Waals surface area contributed by atoms with Crippen LogP contribution >= 0.6 is 23.2 Å². The Morgan fingerprint density at radius 1 is 0.872 bits per heavy atom. The van der Waals surface area contributed by atoms with Gasteiger partial charge in [-0.1, -0.05) is 47.5 Å². The Labute approximate surface area is 236 Å². The summed E-state index contributed by atoms with van der Waals surface area (Å²) in [5, 5.41) is 6.84. The fourth-order valence-corrected chi connectivity index (χ4v) is 5.18. The van der Waals surface area contributed by atoms with Crippen molar-refractivity contribution in [2.75, 3.05) is 67.8 Å². The van der Waals surface area contributed by atoms with Gasteiger partial charge in [-0.05, 0) is 23.8 Å². The summed E-state index contributed by atoms with van der Waals surface area (Å²) in [6.45, 7) is 6.10. The molecule has 202 valence electrons. The van der Waals surface area contributed by atoms with Crippen LogP contribution in [0.15, 0.2) is 53.8 Å². The standard InChI is InChI=1S/C27H28Cl2N8O2/c28-21-6-5-19(23(29)15-21)17-37-18-20(22-3-1-2-4-24(22)37)16-30-34-25-31-26(35-7-11-38-12-8-35)33-27(32-25)36-9-13-39-14-10-36/h1-6,15-16,18H,7-14,17H2,(H,31,32,33,34)/b30-16+. The van der Waals surface area contributed by atoms with E-state index in [0.717, 1.165) is 48.2 Å². The molecule has 0 saturated carbocycles. The summed E-state index contributed by atoms with van der Waals surface area (Å²) in [7, 11) is 0. The number of ether oxygens (including phenoxy) is 2. The molecular formula is C27H28Cl2N8O2. The molecule has 12 heteroatoms. The van der Waals surface area contributed by atoms with Gasteiger partial charge in [-0.25, -0.2) is 5.43 Å². The molecule has 2 aliphatic rings. The van der Waals surface area contributed by atoms with Crippen molar-refractivity contribution in [1.82, 2.24) is 19.5 Å². The summed E-state index contributed by atoms with van der Waals surface area (Å²) in [6, 6.07) is 13.8. The zero-order valence-corrected chi connectivity index (χ0v) is 22.8. The van der Waals surface area contributed by atoms with Crippen molar-refractivity contribution in [2.24, 2.45) is 5.10 Å². The zero-order chi connectivity index (χ0) is 26.6. The topological polar surface area (TPSA) is 92.9 Å². The van der Waals surface area contributed by atoms with Crippen molar-refractivity contribution >= 4 is 58.2 Å². The van der Waals surface area contributed by atoms with E-state index in [1.54, 1.807) is 12.3 Å². The quantitative estimate of drug-likeness (QED) is 0.261. The Morgan fingerprint density at radius 3 is 2.21 bits per heavy atom. The highest BCUT2D eigenvalue weighted by Crippen LogP contribution is 2.26. The predicted molar refractivity (Wildman–Crippen MR) is 155 cm³/mol. The molecule has 2 fully saturated rings. The Kier molecular flexibility index (Phi) is 7.78. The average Bonchev–Trinajstić information content (AvgIpc) is 3.32. The lowest BCUT2D eigenvalue weighted by Gasteiger charge is -2.30. The van der Waals surface area contributed by atoms with Crippen LogP contribution in [0.2, 0.25) is 10.0 Å². The minimum atomic E-state index is 0.390. The van der Waals surface area contributed by atoms with Gasteiger partial charge in [-0.15, -0.1) is 0 Å². The molecule has 0 amide bonds. The molecule has 0 aliphatic carbocycles. The third-order valence-electron chi connectivity index (χ3n) is 6.74. The Hall–Kier alpha value is -3.44. The second-order valence-electron chi connectivity index (χ2n) is 9.29. The monoisotopic (exact) mass is 566 g/mol. The van der Waals surface area contributed by atoms with Gasteiger partial charge in [-0.2, -0.15) is 20.1 Å². The van der Waals surface area contributed by atoms with Gasteiger partial charge in [-0.3, -0.25) is 0 Å². The molecule has 0 atom stereocenters. The number of hydrogen-bond donors (Lipinski definition) is 1. The van der Waals surface area contributed by atoms with Crippen molar-refractivity contribution in [2.45, 2.75) is 6.54 Å². The summed E-state index contributed by atoms with van der Waals surface area (Å²) in [5.74, 6) is 1.62. The second kappa shape index (κ2) is 11.7. The molecule has 2 saturated heterocycles. The van der Waals surface area contributed by atoms with Gasteiger partial charge in [0.05, 0.1) is 32.6 Å². The van der Waals surface area contributed by atoms with Crippen molar-refractivity contribution in [3.05, 3.63) is 69.8 Å². The SMILES string of the molecule is Clc1ccc(Cn2cc(/C=N/Nc3nc(N4CCOCC4)nc(N4CCOCC4)n3)c3ccccc32)c(Cl)c1. The van der Waals surface area contributed by atoms with Crippen molar-refractivity contribution < 1.29 is 9.47 Å². The van der Waals surface area contributed by atoms with Crippen LogP contribution in [0.4, 0.5) is 17.8 Å².